The summed E-state index contributed by atoms with van der Waals surface area (Å²) in [5.41, 5.74) is 0.267. The van der Waals surface area contributed by atoms with E-state index in [1.807, 2.05) is 4.90 Å². The first-order valence-electron chi connectivity index (χ1n) is 13.1. The maximum Gasteiger partial charge on any atom is 0.254 e. The first kappa shape index (κ1) is 21.8. The van der Waals surface area contributed by atoms with Crippen LogP contribution in [0.2, 0.25) is 0 Å². The highest BCUT2D eigenvalue weighted by Gasteiger charge is 2.50. The van der Waals surface area contributed by atoms with E-state index in [1.165, 1.54) is 69.9 Å². The van der Waals surface area contributed by atoms with Crippen molar-refractivity contribution >= 4 is 5.91 Å². The first-order valence-corrected chi connectivity index (χ1v) is 13.1. The van der Waals surface area contributed by atoms with Crippen LogP contribution < -0.4 is 0 Å². The van der Waals surface area contributed by atoms with Gasteiger partial charge in [-0.25, -0.2) is 0 Å². The van der Waals surface area contributed by atoms with Gasteiger partial charge in [0.25, 0.3) is 5.91 Å². The molecule has 1 amide bonds. The van der Waals surface area contributed by atoms with E-state index in [9.17, 15) is 9.90 Å². The van der Waals surface area contributed by atoms with E-state index in [1.54, 1.807) is 0 Å². The van der Waals surface area contributed by atoms with E-state index in [0.717, 1.165) is 50.5 Å². The van der Waals surface area contributed by atoms with E-state index in [-0.39, 0.29) is 5.91 Å². The minimum Gasteiger partial charge on any atom is -0.380 e. The Balaban J connectivity index is 1.04. The third-order valence-electron chi connectivity index (χ3n) is 8.94. The summed E-state index contributed by atoms with van der Waals surface area (Å²) in [5.74, 6) is 3.18. The monoisotopic (exact) mass is 430 g/mol. The van der Waals surface area contributed by atoms with Crippen LogP contribution >= 0.6 is 0 Å². The van der Waals surface area contributed by atoms with Gasteiger partial charge in [-0.3, -0.25) is 4.79 Å². The van der Waals surface area contributed by atoms with Crippen molar-refractivity contribution in [2.24, 2.45) is 23.7 Å². The Morgan fingerprint density at radius 1 is 0.903 bits per heavy atom. The first-order chi connectivity index (χ1) is 15.0. The Hall–Kier alpha value is -1.07. The lowest BCUT2D eigenvalue weighted by Gasteiger charge is -2.43. The molecule has 2 unspecified atom stereocenters. The fraction of sp³-hybridized carbons (Fsp3) is 0.885. The number of piperazine rings is 1. The molecule has 5 heteroatoms. The van der Waals surface area contributed by atoms with Gasteiger partial charge in [-0.15, -0.1) is 0 Å². The second kappa shape index (κ2) is 9.05. The summed E-state index contributed by atoms with van der Waals surface area (Å²) in [5, 5.41) is 10.1. The van der Waals surface area contributed by atoms with Crippen LogP contribution in [0.4, 0.5) is 0 Å². The van der Waals surface area contributed by atoms with Crippen molar-refractivity contribution in [3.05, 3.63) is 12.3 Å². The van der Waals surface area contributed by atoms with E-state index in [0.29, 0.717) is 24.9 Å². The SMILES string of the molecule is C=C(C1CCC(C2CCCC(OCC3CC3)C2)CC1)N1CCN(C(=O)C2(O)CC2)CC1. The molecule has 5 nitrogen and oxygen atoms in total. The number of nitrogens with zero attached hydrogens (tertiary/aromatic N) is 2. The molecule has 1 aliphatic heterocycles. The molecule has 5 aliphatic rings. The van der Waals surface area contributed by atoms with Crippen LogP contribution in [0.1, 0.15) is 77.0 Å². The van der Waals surface area contributed by atoms with E-state index in [2.05, 4.69) is 11.5 Å². The van der Waals surface area contributed by atoms with Crippen molar-refractivity contribution < 1.29 is 14.6 Å². The number of amides is 1. The summed E-state index contributed by atoms with van der Waals surface area (Å²) in [6.45, 7) is 8.67. The largest absolute Gasteiger partial charge is 0.380 e. The summed E-state index contributed by atoms with van der Waals surface area (Å²) < 4.78 is 6.25. The van der Waals surface area contributed by atoms with Crippen molar-refractivity contribution in [3.8, 4) is 0 Å². The van der Waals surface area contributed by atoms with Crippen molar-refractivity contribution in [3.63, 3.8) is 0 Å². The Morgan fingerprint density at radius 2 is 1.58 bits per heavy atom. The molecule has 2 atom stereocenters. The van der Waals surface area contributed by atoms with Crippen molar-refractivity contribution in [1.29, 1.82) is 0 Å². The molecule has 4 aliphatic carbocycles. The van der Waals surface area contributed by atoms with Crippen molar-refractivity contribution in [2.45, 2.75) is 88.8 Å². The Bertz CT molecular complexity index is 656. The molecule has 174 valence electrons. The molecule has 5 rings (SSSR count). The normalized spacial score (nSPS) is 35.6. The number of rotatable bonds is 7. The predicted octanol–water partition coefficient (Wildman–Crippen LogP) is 3.96. The molecule has 0 spiro atoms. The maximum atomic E-state index is 12.4. The lowest BCUT2D eigenvalue weighted by molar-refractivity contribution is -0.144. The van der Waals surface area contributed by atoms with Gasteiger partial charge < -0.3 is 19.6 Å². The summed E-state index contributed by atoms with van der Waals surface area (Å²) in [6, 6.07) is 0. The summed E-state index contributed by atoms with van der Waals surface area (Å²) >= 11 is 0. The molecule has 0 aromatic rings. The number of hydrogen-bond donors (Lipinski definition) is 1. The van der Waals surface area contributed by atoms with Gasteiger partial charge in [-0.05, 0) is 94.3 Å². The molecule has 31 heavy (non-hydrogen) atoms. The lowest BCUT2D eigenvalue weighted by atomic mass is 9.70. The molecular formula is C26H42N2O3. The number of allylic oxidation sites excluding steroid dienone is 1. The van der Waals surface area contributed by atoms with Crippen molar-refractivity contribution in [1.82, 2.24) is 9.80 Å². The predicted molar refractivity (Wildman–Crippen MR) is 121 cm³/mol. The number of carbonyl (C=O) groups is 1. The van der Waals surface area contributed by atoms with Crippen LogP contribution in [0.25, 0.3) is 0 Å². The topological polar surface area (TPSA) is 53.0 Å². The van der Waals surface area contributed by atoms with Gasteiger partial charge in [0.15, 0.2) is 0 Å². The number of aliphatic hydroxyl groups is 1. The summed E-state index contributed by atoms with van der Waals surface area (Å²) in [6.07, 6.45) is 15.1. The van der Waals surface area contributed by atoms with Gasteiger partial charge in [0, 0.05) is 38.5 Å². The Morgan fingerprint density at radius 3 is 2.23 bits per heavy atom. The fourth-order valence-corrected chi connectivity index (χ4v) is 6.32. The molecule has 1 saturated heterocycles. The lowest BCUT2D eigenvalue weighted by Crippen LogP contribution is -2.52. The molecule has 0 aromatic carbocycles. The van der Waals surface area contributed by atoms with Crippen LogP contribution in [0, 0.1) is 23.7 Å². The van der Waals surface area contributed by atoms with Crippen LogP contribution in [0.5, 0.6) is 0 Å². The van der Waals surface area contributed by atoms with Crippen LogP contribution in [-0.2, 0) is 9.53 Å². The molecule has 1 N–H and O–H groups in total. The minimum atomic E-state index is -1.03. The highest BCUT2D eigenvalue weighted by atomic mass is 16.5. The molecule has 4 saturated carbocycles. The van der Waals surface area contributed by atoms with E-state index >= 15 is 0 Å². The molecule has 0 aromatic heterocycles. The minimum absolute atomic E-state index is 0.0508. The zero-order chi connectivity index (χ0) is 21.4. The second-order valence-corrected chi connectivity index (χ2v) is 11.2. The van der Waals surface area contributed by atoms with E-state index < -0.39 is 5.60 Å². The average Bonchev–Trinajstić information content (AvgIpc) is 3.75. The maximum absolute atomic E-state index is 12.4. The number of hydrogen-bond acceptors (Lipinski definition) is 4. The molecule has 5 fully saturated rings. The van der Waals surface area contributed by atoms with Crippen LogP contribution in [0.15, 0.2) is 12.3 Å². The number of carbonyl (C=O) groups excluding carboxylic acids is 1. The highest BCUT2D eigenvalue weighted by molar-refractivity contribution is 5.87. The van der Waals surface area contributed by atoms with Gasteiger partial charge >= 0.3 is 0 Å². The fourth-order valence-electron chi connectivity index (χ4n) is 6.32. The quantitative estimate of drug-likeness (QED) is 0.664. The van der Waals surface area contributed by atoms with Crippen LogP contribution in [-0.4, -0.2) is 65.3 Å². The molecule has 0 radical (unpaired) electrons. The zero-order valence-corrected chi connectivity index (χ0v) is 19.3. The molecular weight excluding hydrogens is 388 g/mol. The smallest absolute Gasteiger partial charge is 0.254 e. The van der Waals surface area contributed by atoms with Gasteiger partial charge in [0.2, 0.25) is 0 Å². The highest BCUT2D eigenvalue weighted by Crippen LogP contribution is 2.43. The van der Waals surface area contributed by atoms with E-state index in [4.69, 9.17) is 4.74 Å². The summed E-state index contributed by atoms with van der Waals surface area (Å²) in [7, 11) is 0. The summed E-state index contributed by atoms with van der Waals surface area (Å²) in [4.78, 5) is 16.6. The third kappa shape index (κ3) is 5.13. The molecule has 1 heterocycles. The Labute approximate surface area is 188 Å². The van der Waals surface area contributed by atoms with Gasteiger partial charge in [0.05, 0.1) is 6.10 Å². The molecule has 0 bridgehead atoms. The van der Waals surface area contributed by atoms with Gasteiger partial charge in [0.1, 0.15) is 5.60 Å². The van der Waals surface area contributed by atoms with Crippen molar-refractivity contribution in [2.75, 3.05) is 32.8 Å². The Kier molecular flexibility index (Phi) is 6.35. The second-order valence-electron chi connectivity index (χ2n) is 11.2. The van der Waals surface area contributed by atoms with Crippen LogP contribution in [0.3, 0.4) is 0 Å². The number of ether oxygens (including phenoxy) is 1. The average molecular weight is 431 g/mol. The standard InChI is InChI=1S/C26H42N2O3/c1-19(27-13-15-28(16-14-27)25(29)26(30)11-12-26)21-7-9-22(10-8-21)23-3-2-4-24(17-23)31-18-20-5-6-20/h20-24,30H,1-18H2. The third-order valence-corrected chi connectivity index (χ3v) is 8.94. The van der Waals surface area contributed by atoms with Gasteiger partial charge in [-0.2, -0.15) is 0 Å². The zero-order valence-electron chi connectivity index (χ0n) is 19.3. The van der Waals surface area contributed by atoms with Gasteiger partial charge in [-0.1, -0.05) is 13.0 Å².